The first kappa shape index (κ1) is 29.2. The van der Waals surface area contributed by atoms with Crippen molar-refractivity contribution in [3.63, 3.8) is 0 Å². The Balaban J connectivity index is 1.10. The van der Waals surface area contributed by atoms with Crippen molar-refractivity contribution in [3.8, 4) is 28.5 Å². The van der Waals surface area contributed by atoms with Crippen LogP contribution < -0.4 is 4.90 Å². The van der Waals surface area contributed by atoms with Gasteiger partial charge in [0.15, 0.2) is 11.6 Å². The lowest BCUT2D eigenvalue weighted by Gasteiger charge is -2.27. The predicted octanol–water partition coefficient (Wildman–Crippen LogP) is 11.1. The van der Waals surface area contributed by atoms with E-state index in [1.165, 1.54) is 61.0 Å². The molecular weight excluding hydrogens is 635 g/mol. The number of hydrogen-bond donors (Lipinski definition) is 0. The summed E-state index contributed by atoms with van der Waals surface area (Å²) in [6, 6.07) is 49.7. The van der Waals surface area contributed by atoms with E-state index >= 15 is 0 Å². The Morgan fingerprint density at radius 2 is 1.33 bits per heavy atom. The second kappa shape index (κ2) is 11.5. The van der Waals surface area contributed by atoms with Gasteiger partial charge in [-0.15, -0.1) is 0 Å². The van der Waals surface area contributed by atoms with Gasteiger partial charge in [-0.05, 0) is 94.8 Å². The normalized spacial score (nSPS) is 15.7. The van der Waals surface area contributed by atoms with Crippen LogP contribution in [-0.4, -0.2) is 19.5 Å². The highest BCUT2D eigenvalue weighted by atomic mass is 15.3. The van der Waals surface area contributed by atoms with Crippen LogP contribution in [0.5, 0.6) is 0 Å². The summed E-state index contributed by atoms with van der Waals surface area (Å²) in [5.41, 5.74) is 13.3. The molecule has 0 saturated heterocycles. The van der Waals surface area contributed by atoms with E-state index in [4.69, 9.17) is 15.0 Å². The molecule has 5 heteroatoms. The minimum absolute atomic E-state index is 0.195. The van der Waals surface area contributed by atoms with E-state index in [-0.39, 0.29) is 5.92 Å². The van der Waals surface area contributed by atoms with Crippen LogP contribution in [0.25, 0.3) is 62.3 Å². The van der Waals surface area contributed by atoms with Crippen LogP contribution in [0.4, 0.5) is 11.6 Å². The van der Waals surface area contributed by atoms with Crippen molar-refractivity contribution in [1.29, 1.82) is 0 Å². The lowest BCUT2D eigenvalue weighted by atomic mass is 9.84. The molecule has 0 N–H and O–H groups in total. The molecule has 8 aromatic rings. The average molecular weight is 668 g/mol. The Hall–Kier alpha value is -6.59. The molecule has 246 valence electrons. The first-order chi connectivity index (χ1) is 25.8. The van der Waals surface area contributed by atoms with Gasteiger partial charge >= 0.3 is 0 Å². The maximum atomic E-state index is 5.17. The van der Waals surface area contributed by atoms with Gasteiger partial charge in [0, 0.05) is 39.5 Å². The topological polar surface area (TPSA) is 46.8 Å². The van der Waals surface area contributed by atoms with Crippen LogP contribution in [0.15, 0.2) is 151 Å². The number of allylic oxidation sites excluding steroid dienone is 2. The third-order valence-corrected chi connectivity index (χ3v) is 11.0. The Morgan fingerprint density at radius 1 is 0.635 bits per heavy atom. The standard InChI is InChI=1S/C47H33N5/c1-3-13-30(14-4-1)45-48-46(31-15-5-2-6-16-31)50-47(49-45)52-42-22-12-10-20-38(42)40-27-34-23-24-36(25-35(34)29-44(40)52)51-41-21-11-9-19-37(41)39-26-32-17-7-8-18-33(32)28-43(39)51/h1-8,10-18,20-26,28-29,40H,9,19,27H2. The molecule has 2 aliphatic carbocycles. The molecule has 1 atom stereocenters. The fourth-order valence-corrected chi connectivity index (χ4v) is 8.56. The molecule has 0 bridgehead atoms. The molecular formula is C47H33N5. The summed E-state index contributed by atoms with van der Waals surface area (Å²) < 4.78 is 2.48. The molecule has 3 aliphatic rings. The van der Waals surface area contributed by atoms with Crippen molar-refractivity contribution >= 4 is 45.5 Å². The zero-order valence-electron chi connectivity index (χ0n) is 28.4. The summed E-state index contributed by atoms with van der Waals surface area (Å²) in [4.78, 5) is 17.6. The van der Waals surface area contributed by atoms with Gasteiger partial charge in [-0.1, -0.05) is 115 Å². The number of aromatic nitrogens is 4. The van der Waals surface area contributed by atoms with Crippen LogP contribution in [0.2, 0.25) is 0 Å². The molecule has 52 heavy (non-hydrogen) atoms. The molecule has 0 saturated carbocycles. The SMILES string of the molecule is C1=Cc2c(c3cc4ccccc4cc3n2-c2ccc3c(c2)C=C2C(C3)c3ccccc3N2c2nc(-c3ccccc3)nc(-c3ccccc3)n2)CC1. The summed E-state index contributed by atoms with van der Waals surface area (Å²) in [5, 5.41) is 3.90. The van der Waals surface area contributed by atoms with Crippen LogP contribution in [-0.2, 0) is 12.8 Å². The molecule has 0 amide bonds. The molecule has 2 aromatic heterocycles. The van der Waals surface area contributed by atoms with Gasteiger partial charge in [0.2, 0.25) is 5.95 Å². The summed E-state index contributed by atoms with van der Waals surface area (Å²) in [5.74, 6) is 2.15. The van der Waals surface area contributed by atoms with E-state index in [0.29, 0.717) is 17.6 Å². The van der Waals surface area contributed by atoms with Gasteiger partial charge in [0.1, 0.15) is 0 Å². The van der Waals surface area contributed by atoms with E-state index in [9.17, 15) is 0 Å². The Kier molecular flexibility index (Phi) is 6.44. The monoisotopic (exact) mass is 667 g/mol. The molecule has 0 radical (unpaired) electrons. The second-order valence-corrected chi connectivity index (χ2v) is 14.0. The van der Waals surface area contributed by atoms with Crippen molar-refractivity contribution in [2.75, 3.05) is 4.90 Å². The molecule has 3 heterocycles. The minimum Gasteiger partial charge on any atom is -0.310 e. The van der Waals surface area contributed by atoms with Gasteiger partial charge in [-0.25, -0.2) is 4.98 Å². The molecule has 1 unspecified atom stereocenters. The van der Waals surface area contributed by atoms with Crippen molar-refractivity contribution in [3.05, 3.63) is 179 Å². The number of aryl methyl sites for hydroxylation is 1. The van der Waals surface area contributed by atoms with E-state index in [2.05, 4.69) is 131 Å². The number of anilines is 2. The van der Waals surface area contributed by atoms with Crippen molar-refractivity contribution in [2.24, 2.45) is 0 Å². The fraction of sp³-hybridized carbons (Fsp3) is 0.0851. The molecule has 6 aromatic carbocycles. The highest BCUT2D eigenvalue weighted by Crippen LogP contribution is 2.51. The highest BCUT2D eigenvalue weighted by Gasteiger charge is 2.39. The first-order valence-electron chi connectivity index (χ1n) is 18.1. The summed E-state index contributed by atoms with van der Waals surface area (Å²) >= 11 is 0. The molecule has 5 nitrogen and oxygen atoms in total. The zero-order chi connectivity index (χ0) is 34.2. The second-order valence-electron chi connectivity index (χ2n) is 14.0. The van der Waals surface area contributed by atoms with E-state index in [1.807, 2.05) is 36.4 Å². The van der Waals surface area contributed by atoms with E-state index in [0.717, 1.165) is 36.1 Å². The van der Waals surface area contributed by atoms with Gasteiger partial charge in [-0.2, -0.15) is 9.97 Å². The summed E-state index contributed by atoms with van der Waals surface area (Å²) in [7, 11) is 0. The van der Waals surface area contributed by atoms with Crippen LogP contribution >= 0.6 is 0 Å². The molecule has 1 aliphatic heterocycles. The maximum absolute atomic E-state index is 5.17. The molecule has 0 spiro atoms. The number of para-hydroxylation sites is 1. The zero-order valence-corrected chi connectivity index (χ0v) is 28.4. The molecule has 0 fully saturated rings. The lowest BCUT2D eigenvalue weighted by molar-refractivity contribution is 0.792. The van der Waals surface area contributed by atoms with Crippen molar-refractivity contribution in [2.45, 2.75) is 25.2 Å². The largest absolute Gasteiger partial charge is 0.310 e. The Bertz CT molecular complexity index is 2720. The van der Waals surface area contributed by atoms with Gasteiger partial charge in [0.05, 0.1) is 11.2 Å². The summed E-state index contributed by atoms with van der Waals surface area (Å²) in [6.45, 7) is 0. The van der Waals surface area contributed by atoms with Gasteiger partial charge in [0.25, 0.3) is 0 Å². The first-order valence-corrected chi connectivity index (χ1v) is 18.1. The fourth-order valence-electron chi connectivity index (χ4n) is 8.56. The summed E-state index contributed by atoms with van der Waals surface area (Å²) in [6.07, 6.45) is 10.1. The number of nitrogens with zero attached hydrogens (tertiary/aromatic N) is 5. The van der Waals surface area contributed by atoms with Crippen molar-refractivity contribution < 1.29 is 0 Å². The third-order valence-electron chi connectivity index (χ3n) is 11.0. The average Bonchev–Trinajstić information content (AvgIpc) is 3.71. The number of fused-ring (bicyclic) bond motifs is 8. The number of hydrogen-bond acceptors (Lipinski definition) is 4. The lowest BCUT2D eigenvalue weighted by Crippen LogP contribution is -2.20. The minimum atomic E-state index is 0.195. The number of benzene rings is 6. The van der Waals surface area contributed by atoms with E-state index in [1.54, 1.807) is 0 Å². The Labute approximate surface area is 301 Å². The quantitative estimate of drug-likeness (QED) is 0.187. The van der Waals surface area contributed by atoms with Gasteiger partial charge in [-0.3, -0.25) is 4.90 Å². The van der Waals surface area contributed by atoms with E-state index < -0.39 is 0 Å². The van der Waals surface area contributed by atoms with Crippen molar-refractivity contribution in [1.82, 2.24) is 19.5 Å². The highest BCUT2D eigenvalue weighted by molar-refractivity contribution is 6.01. The van der Waals surface area contributed by atoms with Crippen LogP contribution in [0, 0.1) is 0 Å². The third kappa shape index (κ3) is 4.52. The Morgan fingerprint density at radius 3 is 2.10 bits per heavy atom. The smallest absolute Gasteiger partial charge is 0.238 e. The number of rotatable bonds is 4. The maximum Gasteiger partial charge on any atom is 0.238 e. The van der Waals surface area contributed by atoms with Crippen LogP contribution in [0.1, 0.15) is 40.3 Å². The van der Waals surface area contributed by atoms with Crippen LogP contribution in [0.3, 0.4) is 0 Å². The molecule has 11 rings (SSSR count). The predicted molar refractivity (Wildman–Crippen MR) is 212 cm³/mol. The van der Waals surface area contributed by atoms with Gasteiger partial charge < -0.3 is 4.57 Å².